The molecule has 4 aromatic rings. The van der Waals surface area contributed by atoms with Crippen molar-refractivity contribution in [2.24, 2.45) is 0 Å². The maximum Gasteiger partial charge on any atom is 0.272 e. The van der Waals surface area contributed by atoms with Crippen molar-refractivity contribution in [3.63, 3.8) is 0 Å². The maximum atomic E-state index is 13.9. The van der Waals surface area contributed by atoms with E-state index in [1.54, 1.807) is 42.5 Å². The number of pyridine rings is 1. The van der Waals surface area contributed by atoms with E-state index in [2.05, 4.69) is 10.3 Å². The molecule has 2 aromatic heterocycles. The normalized spacial score (nSPS) is 11.0. The van der Waals surface area contributed by atoms with Gasteiger partial charge in [0.1, 0.15) is 17.1 Å². The van der Waals surface area contributed by atoms with Gasteiger partial charge in [-0.3, -0.25) is 14.2 Å². The van der Waals surface area contributed by atoms with Crippen molar-refractivity contribution >= 4 is 22.6 Å². The molecule has 8 heteroatoms. The van der Waals surface area contributed by atoms with Gasteiger partial charge >= 0.3 is 0 Å². The molecule has 0 radical (unpaired) electrons. The monoisotopic (exact) mass is 435 g/mol. The molecular weight excluding hydrogens is 413 g/mol. The fraction of sp³-hybridized carbons (Fsp3) is 0.167. The molecule has 32 heavy (non-hydrogen) atoms. The lowest BCUT2D eigenvalue weighted by Gasteiger charge is -2.11. The van der Waals surface area contributed by atoms with Crippen LogP contribution >= 0.6 is 0 Å². The molecule has 2 N–H and O–H groups in total. The molecule has 7 nitrogen and oxygen atoms in total. The Morgan fingerprint density at radius 1 is 1.06 bits per heavy atom. The number of amides is 1. The first kappa shape index (κ1) is 21.2. The van der Waals surface area contributed by atoms with Crippen LogP contribution in [0.5, 0.6) is 11.5 Å². The van der Waals surface area contributed by atoms with Gasteiger partial charge in [0.25, 0.3) is 11.5 Å². The summed E-state index contributed by atoms with van der Waals surface area (Å²) in [6.45, 7) is 3.87. The second kappa shape index (κ2) is 8.58. The van der Waals surface area contributed by atoms with E-state index in [9.17, 15) is 14.0 Å². The summed E-state index contributed by atoms with van der Waals surface area (Å²) in [6.07, 6.45) is 0.0376. The van der Waals surface area contributed by atoms with Crippen LogP contribution < -0.4 is 20.3 Å². The summed E-state index contributed by atoms with van der Waals surface area (Å²) in [7, 11) is 1.37. The quantitative estimate of drug-likeness (QED) is 0.467. The molecule has 0 saturated heterocycles. The summed E-state index contributed by atoms with van der Waals surface area (Å²) < 4.78 is 26.0. The highest BCUT2D eigenvalue weighted by Gasteiger charge is 2.15. The Morgan fingerprint density at radius 2 is 1.81 bits per heavy atom. The van der Waals surface area contributed by atoms with Gasteiger partial charge in [-0.25, -0.2) is 4.39 Å². The standard InChI is InChI=1S/C24H22FN3O4/c1-14(2)32-18-8-6-17(7-9-18)28-22(29)11-4-15-12-20(27-23(15)28)24(30)26-16-5-10-21(31-3)19(25)13-16/h4-14,27H,1-3H3,(H,26,30). The Bertz CT molecular complexity index is 1340. The molecule has 0 unspecified atom stereocenters. The van der Waals surface area contributed by atoms with E-state index >= 15 is 0 Å². The average Bonchev–Trinajstić information content (AvgIpc) is 3.19. The fourth-order valence-corrected chi connectivity index (χ4v) is 3.38. The summed E-state index contributed by atoms with van der Waals surface area (Å²) in [5.74, 6) is -0.268. The number of methoxy groups -OCH3 is 1. The zero-order chi connectivity index (χ0) is 22.8. The number of hydrogen-bond acceptors (Lipinski definition) is 4. The second-order valence-corrected chi connectivity index (χ2v) is 7.46. The third-order valence-corrected chi connectivity index (χ3v) is 4.80. The van der Waals surface area contributed by atoms with E-state index in [0.717, 1.165) is 0 Å². The summed E-state index contributed by atoms with van der Waals surface area (Å²) in [5.41, 5.74) is 1.37. The highest BCUT2D eigenvalue weighted by Crippen LogP contribution is 2.23. The highest BCUT2D eigenvalue weighted by atomic mass is 19.1. The number of anilines is 1. The minimum absolute atomic E-state index is 0.0376. The maximum absolute atomic E-state index is 13.9. The molecule has 0 atom stereocenters. The third-order valence-electron chi connectivity index (χ3n) is 4.80. The minimum Gasteiger partial charge on any atom is -0.494 e. The van der Waals surface area contributed by atoms with Gasteiger partial charge < -0.3 is 19.8 Å². The van der Waals surface area contributed by atoms with Gasteiger partial charge in [0.05, 0.1) is 18.9 Å². The molecule has 0 aliphatic heterocycles. The number of halogens is 1. The number of nitrogens with one attached hydrogen (secondary N) is 2. The van der Waals surface area contributed by atoms with Gasteiger partial charge in [-0.05, 0) is 62.4 Å². The van der Waals surface area contributed by atoms with Crippen LogP contribution in [-0.2, 0) is 0 Å². The lowest BCUT2D eigenvalue weighted by molar-refractivity contribution is 0.102. The SMILES string of the molecule is COc1ccc(NC(=O)c2cc3ccc(=O)n(-c4ccc(OC(C)C)cc4)c3[nH]2)cc1F. The Balaban J connectivity index is 1.66. The molecule has 1 amide bonds. The number of fused-ring (bicyclic) bond motifs is 1. The van der Waals surface area contributed by atoms with E-state index in [4.69, 9.17) is 9.47 Å². The van der Waals surface area contributed by atoms with E-state index in [-0.39, 0.29) is 28.8 Å². The summed E-state index contributed by atoms with van der Waals surface area (Å²) in [6, 6.07) is 16.0. The lowest BCUT2D eigenvalue weighted by atomic mass is 10.2. The molecule has 0 aliphatic carbocycles. The first-order valence-corrected chi connectivity index (χ1v) is 10.0. The smallest absolute Gasteiger partial charge is 0.272 e. The Morgan fingerprint density at radius 3 is 2.47 bits per heavy atom. The van der Waals surface area contributed by atoms with E-state index in [1.807, 2.05) is 13.8 Å². The van der Waals surface area contributed by atoms with Crippen molar-refractivity contribution in [3.05, 3.63) is 82.5 Å². The molecule has 0 saturated carbocycles. The Labute approximate surface area is 183 Å². The average molecular weight is 435 g/mol. The molecule has 4 rings (SSSR count). The topological polar surface area (TPSA) is 85.3 Å². The van der Waals surface area contributed by atoms with Crippen LogP contribution in [0.15, 0.2) is 65.5 Å². The molecule has 164 valence electrons. The number of carbonyl (C=O) groups excluding carboxylic acids is 1. The second-order valence-electron chi connectivity index (χ2n) is 7.46. The number of nitrogens with zero attached hydrogens (tertiary/aromatic N) is 1. The zero-order valence-electron chi connectivity index (χ0n) is 17.8. The van der Waals surface area contributed by atoms with Crippen molar-refractivity contribution in [1.82, 2.24) is 9.55 Å². The van der Waals surface area contributed by atoms with Crippen LogP contribution in [0, 0.1) is 5.82 Å². The number of benzene rings is 2. The number of ether oxygens (including phenoxy) is 2. The van der Waals surface area contributed by atoms with Crippen LogP contribution in [0.2, 0.25) is 0 Å². The molecule has 0 bridgehead atoms. The number of aromatic amines is 1. The lowest BCUT2D eigenvalue weighted by Crippen LogP contribution is -2.18. The first-order valence-electron chi connectivity index (χ1n) is 10.0. The Kier molecular flexibility index (Phi) is 5.68. The van der Waals surface area contributed by atoms with Crippen LogP contribution in [0.1, 0.15) is 24.3 Å². The van der Waals surface area contributed by atoms with Crippen molar-refractivity contribution in [2.45, 2.75) is 20.0 Å². The number of H-pyrrole nitrogens is 1. The predicted octanol–water partition coefficient (Wildman–Crippen LogP) is 4.51. The summed E-state index contributed by atoms with van der Waals surface area (Å²) >= 11 is 0. The number of hydrogen-bond donors (Lipinski definition) is 2. The Hall–Kier alpha value is -4.07. The van der Waals surface area contributed by atoms with Crippen LogP contribution in [0.3, 0.4) is 0 Å². The molecule has 2 heterocycles. The summed E-state index contributed by atoms with van der Waals surface area (Å²) in [5, 5.41) is 3.32. The third kappa shape index (κ3) is 4.20. The predicted molar refractivity (Wildman–Crippen MR) is 121 cm³/mol. The fourth-order valence-electron chi connectivity index (χ4n) is 3.38. The van der Waals surface area contributed by atoms with Crippen LogP contribution in [-0.4, -0.2) is 28.7 Å². The highest BCUT2D eigenvalue weighted by molar-refractivity contribution is 6.05. The number of carbonyl (C=O) groups is 1. The van der Waals surface area contributed by atoms with Gasteiger partial charge in [-0.2, -0.15) is 0 Å². The van der Waals surface area contributed by atoms with Crippen molar-refractivity contribution in [3.8, 4) is 17.2 Å². The van der Waals surface area contributed by atoms with Gasteiger partial charge in [-0.15, -0.1) is 0 Å². The molecule has 0 spiro atoms. The van der Waals surface area contributed by atoms with Gasteiger partial charge in [0, 0.05) is 23.2 Å². The largest absolute Gasteiger partial charge is 0.494 e. The molecule has 0 aliphatic rings. The van der Waals surface area contributed by atoms with E-state index in [0.29, 0.717) is 22.5 Å². The number of aromatic nitrogens is 2. The molecule has 2 aromatic carbocycles. The van der Waals surface area contributed by atoms with Crippen molar-refractivity contribution in [1.29, 1.82) is 0 Å². The van der Waals surface area contributed by atoms with Crippen LogP contribution in [0.25, 0.3) is 16.7 Å². The van der Waals surface area contributed by atoms with Crippen LogP contribution in [0.4, 0.5) is 10.1 Å². The zero-order valence-corrected chi connectivity index (χ0v) is 17.8. The van der Waals surface area contributed by atoms with Gasteiger partial charge in [-0.1, -0.05) is 0 Å². The van der Waals surface area contributed by atoms with E-state index in [1.165, 1.54) is 29.9 Å². The first-order chi connectivity index (χ1) is 15.4. The van der Waals surface area contributed by atoms with E-state index < -0.39 is 11.7 Å². The number of rotatable bonds is 6. The van der Waals surface area contributed by atoms with Crippen molar-refractivity contribution < 1.29 is 18.7 Å². The van der Waals surface area contributed by atoms with Gasteiger partial charge in [0.15, 0.2) is 11.6 Å². The molecular formula is C24H22FN3O4. The molecule has 0 fully saturated rings. The summed E-state index contributed by atoms with van der Waals surface area (Å²) in [4.78, 5) is 28.4. The van der Waals surface area contributed by atoms with Gasteiger partial charge in [0.2, 0.25) is 0 Å². The van der Waals surface area contributed by atoms with Crippen molar-refractivity contribution in [2.75, 3.05) is 12.4 Å². The minimum atomic E-state index is -0.583.